The Labute approximate surface area is 875 Å². The summed E-state index contributed by atoms with van der Waals surface area (Å²) < 4.78 is 1.79. The van der Waals surface area contributed by atoms with Crippen molar-refractivity contribution in [2.24, 2.45) is 53.3 Å². The Morgan fingerprint density at radius 1 is 0.143 bits per heavy atom. The van der Waals surface area contributed by atoms with Crippen LogP contribution in [0.3, 0.4) is 0 Å². The minimum atomic E-state index is 0.444. The summed E-state index contributed by atoms with van der Waals surface area (Å²) in [6.07, 6.45) is 45.9. The molecule has 0 rings (SSSR count). The van der Waals surface area contributed by atoms with E-state index in [9.17, 15) is 0 Å². The molecule has 0 heterocycles. The molecule has 0 aromatic rings. The molecule has 0 aliphatic carbocycles. The van der Waals surface area contributed by atoms with Crippen LogP contribution < -0.4 is 0 Å². The molecule has 0 radical (unpaired) electrons. The van der Waals surface area contributed by atoms with Gasteiger partial charge in [-0.15, -0.1) is 0 Å². The molecule has 4 unspecified atom stereocenters. The molecular formula is C108H234S18. The summed E-state index contributed by atoms with van der Waals surface area (Å²) >= 11 is 0. The molecule has 0 aromatic heterocycles. The third kappa shape index (κ3) is 158. The third-order valence-electron chi connectivity index (χ3n) is 18.4. The van der Waals surface area contributed by atoms with E-state index in [2.05, 4.69) is 397 Å². The maximum absolute atomic E-state index is 2.38. The average Bonchev–Trinajstić information content (AvgIpc) is 0.951. The molecule has 0 spiro atoms. The van der Waals surface area contributed by atoms with Gasteiger partial charge in [-0.1, -0.05) is 612 Å². The fourth-order valence-electron chi connectivity index (χ4n) is 10.8. The second kappa shape index (κ2) is 101. The Morgan fingerprint density at radius 3 is 0.619 bits per heavy atom. The van der Waals surface area contributed by atoms with Gasteiger partial charge in [-0.05, 0) is 179 Å². The molecule has 0 saturated carbocycles. The Morgan fingerprint density at radius 2 is 0.333 bits per heavy atom. The first kappa shape index (κ1) is 150. The summed E-state index contributed by atoms with van der Waals surface area (Å²) in [5.41, 5.74) is 0. The van der Waals surface area contributed by atoms with Crippen molar-refractivity contribution >= 4 is 194 Å². The van der Waals surface area contributed by atoms with E-state index < -0.39 is 0 Å². The Kier molecular flexibility index (Phi) is 121. The van der Waals surface area contributed by atoms with Crippen molar-refractivity contribution < 1.29 is 0 Å². The van der Waals surface area contributed by atoms with Gasteiger partial charge in [-0.25, -0.2) is 0 Å². The van der Waals surface area contributed by atoms with Crippen LogP contribution in [0.4, 0.5) is 0 Å². The number of unbranched alkanes of at least 4 members (excludes halogenated alkanes) is 9. The van der Waals surface area contributed by atoms with Crippen molar-refractivity contribution in [2.75, 3.05) is 5.75 Å². The lowest BCUT2D eigenvalue weighted by molar-refractivity contribution is 0.502. The molecule has 0 aromatic carbocycles. The number of hydrogen-bond acceptors (Lipinski definition) is 18. The molecule has 0 saturated heterocycles. The fraction of sp³-hybridized carbons (Fsp3) is 1.00. The highest BCUT2D eigenvalue weighted by atomic mass is 33.1. The van der Waals surface area contributed by atoms with Crippen LogP contribution in [-0.4, -0.2) is 93.0 Å². The zero-order chi connectivity index (χ0) is 99.5. The first-order valence-corrected chi connectivity index (χ1v) is 72.3. The van der Waals surface area contributed by atoms with Crippen LogP contribution in [0, 0.1) is 53.3 Å². The lowest BCUT2D eigenvalue weighted by Gasteiger charge is -2.24. The predicted molar refractivity (Wildman–Crippen MR) is 658 cm³/mol. The van der Waals surface area contributed by atoms with Gasteiger partial charge in [0, 0.05) is 93.0 Å². The molecule has 0 fully saturated rings. The summed E-state index contributed by atoms with van der Waals surface area (Å²) in [6.45, 7) is 111. The molecule has 0 aliphatic heterocycles. The summed E-state index contributed by atoms with van der Waals surface area (Å²) in [4.78, 5) is 0. The highest BCUT2D eigenvalue weighted by Crippen LogP contribution is 2.46. The Bertz CT molecular complexity index is 2010. The summed E-state index contributed by atoms with van der Waals surface area (Å²) in [7, 11) is 36.6. The third-order valence-corrected chi connectivity index (χ3v) is 51.3. The molecule has 18 heteroatoms. The summed E-state index contributed by atoms with van der Waals surface area (Å²) in [5, 5.41) is 10.1. The number of hydrogen-bond donors (Lipinski definition) is 0. The standard InChI is InChI=1S/C14H30S2.2C13H28S2.3C12H26S2.2C11H24S2.C10H22S2/c1-12(2)10-8-7-9-11-14(5,6)16-15-13(3)4;1-11(2)9-7-8-10-13(5,6)15-14-12(3)4;1-11(2)9-7-6-8-10-13(5)15-14-12(3)4;1-10(2)8-7-9-12(5,6)14-13-11(3)4;1-10(2)8-6-7-9-12(5)14-13-11(3)4;1-11(2)9-7-5-6-8-10-13-14-12(3)4;1-9(2)7-8-11(5,6)13-12-10(3)4;1-9(2)7-6-8-11(5)13-12-10(3)4;1-8(2)6-7-10(5)12-11-9(3)4/h12-13H,7-11H2,1-6H3;11-12H,7-10H2,1-6H3;11-13H,6-10H2,1-5H3;10-11H,7-9H2,1-6H3;10-12H,6-9H2,1-5H3;11-12H,5-10H2,1-4H3;9-10H,7-8H2,1-6H3;9-11H,6-8H2,1-5H3;8-10H,6-7H2,1-5H3. The van der Waals surface area contributed by atoms with E-state index in [0.717, 1.165) is 122 Å². The van der Waals surface area contributed by atoms with E-state index in [1.54, 1.807) is 0 Å². The Hall–Kier alpha value is 6.30. The van der Waals surface area contributed by atoms with Crippen molar-refractivity contribution in [3.63, 3.8) is 0 Å². The lowest BCUT2D eigenvalue weighted by atomic mass is 10.0. The lowest BCUT2D eigenvalue weighted by Crippen LogP contribution is -2.14. The van der Waals surface area contributed by atoms with E-state index in [-0.39, 0.29) is 0 Å². The second-order valence-corrected chi connectivity index (χ2v) is 74.7. The molecule has 0 nitrogen and oxygen atoms in total. The van der Waals surface area contributed by atoms with E-state index >= 15 is 0 Å². The van der Waals surface area contributed by atoms with Gasteiger partial charge in [-0.2, -0.15) is 0 Å². The van der Waals surface area contributed by atoms with Gasteiger partial charge in [0.2, 0.25) is 0 Å². The van der Waals surface area contributed by atoms with Crippen molar-refractivity contribution in [1.82, 2.24) is 0 Å². The van der Waals surface area contributed by atoms with E-state index in [0.29, 0.717) is 19.0 Å². The van der Waals surface area contributed by atoms with Crippen LogP contribution in [0.25, 0.3) is 0 Å². The second-order valence-electron chi connectivity index (χ2n) is 44.6. The Balaban J connectivity index is -0.000000175. The summed E-state index contributed by atoms with van der Waals surface area (Å²) in [5.74, 6) is 9.15. The normalized spacial score (nSPS) is 13.2. The minimum Gasteiger partial charge on any atom is -0.0939 e. The first-order chi connectivity index (χ1) is 58.0. The summed E-state index contributed by atoms with van der Waals surface area (Å²) in [6, 6.07) is 0. The van der Waals surface area contributed by atoms with Gasteiger partial charge in [0.1, 0.15) is 0 Å². The number of rotatable bonds is 69. The maximum atomic E-state index is 2.38. The molecule has 0 N–H and O–H groups in total. The van der Waals surface area contributed by atoms with Gasteiger partial charge >= 0.3 is 0 Å². The van der Waals surface area contributed by atoms with Crippen LogP contribution >= 0.6 is 194 Å². The quantitative estimate of drug-likeness (QED) is 0.0419. The smallest absolute Gasteiger partial charge is 0.0207 e. The van der Waals surface area contributed by atoms with E-state index in [1.807, 2.05) is 130 Å². The van der Waals surface area contributed by atoms with Gasteiger partial charge in [0.25, 0.3) is 0 Å². The average molecular weight is 2110 g/mol. The molecule has 4 atom stereocenters. The first-order valence-electron chi connectivity index (χ1n) is 52.0. The van der Waals surface area contributed by atoms with Crippen LogP contribution in [0.15, 0.2) is 0 Å². The largest absolute Gasteiger partial charge is 0.0939 e. The fourth-order valence-corrected chi connectivity index (χ4v) is 30.9. The van der Waals surface area contributed by atoms with Gasteiger partial charge in [-0.3, -0.25) is 0 Å². The van der Waals surface area contributed by atoms with Gasteiger partial charge in [0.05, 0.1) is 0 Å². The van der Waals surface area contributed by atoms with E-state index in [1.165, 1.54) is 218 Å². The van der Waals surface area contributed by atoms with Crippen molar-refractivity contribution in [3.8, 4) is 0 Å². The SMILES string of the molecule is CC(C)CCC(C)(C)SSC(C)C.CC(C)CCC(C)SSC(C)C.CC(C)CCCC(C)(C)SSC(C)C.CC(C)CCCC(C)SSC(C)C.CC(C)CCCCC(C)(C)SSC(C)C.CC(C)CCCCC(C)SSC(C)C.CC(C)CCCCCC(C)(C)SSC(C)C.CC(C)CCCCCC(C)SSC(C)C.CC(C)CCCCCCSSC(C)C. The van der Waals surface area contributed by atoms with Crippen LogP contribution in [0.2, 0.25) is 0 Å². The molecule has 0 aliphatic rings. The van der Waals surface area contributed by atoms with Gasteiger partial charge < -0.3 is 0 Å². The van der Waals surface area contributed by atoms with Crippen LogP contribution in [-0.2, 0) is 0 Å². The highest BCUT2D eigenvalue weighted by molar-refractivity contribution is 8.79. The topological polar surface area (TPSA) is 0 Å². The zero-order valence-electron chi connectivity index (χ0n) is 94.1. The monoisotopic (exact) mass is 2110 g/mol. The molecule has 126 heavy (non-hydrogen) atoms. The molecular weight excluding hydrogens is 1870 g/mol. The zero-order valence-corrected chi connectivity index (χ0v) is 109. The van der Waals surface area contributed by atoms with Crippen molar-refractivity contribution in [2.45, 2.75) is 631 Å². The van der Waals surface area contributed by atoms with Gasteiger partial charge in [0.15, 0.2) is 0 Å². The molecule has 0 bridgehead atoms. The van der Waals surface area contributed by atoms with Crippen LogP contribution in [0.1, 0.15) is 544 Å². The van der Waals surface area contributed by atoms with Crippen molar-refractivity contribution in [3.05, 3.63) is 0 Å². The molecule has 0 amide bonds. The highest BCUT2D eigenvalue weighted by Gasteiger charge is 2.23. The predicted octanol–water partition coefficient (Wildman–Crippen LogP) is 48.4. The maximum Gasteiger partial charge on any atom is 0.0207 e. The minimum absolute atomic E-state index is 0.444. The van der Waals surface area contributed by atoms with E-state index in [4.69, 9.17) is 0 Å². The van der Waals surface area contributed by atoms with Crippen LogP contribution in [0.5, 0.6) is 0 Å². The molecule has 774 valence electrons. The van der Waals surface area contributed by atoms with Crippen molar-refractivity contribution in [1.29, 1.82) is 0 Å².